The van der Waals surface area contributed by atoms with Gasteiger partial charge in [0.2, 0.25) is 0 Å². The van der Waals surface area contributed by atoms with Gasteiger partial charge in [0.15, 0.2) is 12.5 Å². The standard InChI is InChI=1S/C40H62N4O8/c1-5-9-11-13-15-29-41-37(27-21-31(7-3)33-17-23-35(24-18-33)43(47)48)51-39(45)40(46)52-38(42-30-16-14-12-10-6-2)28-22-32(8-4)34-19-25-36(26-20-34)44(49)50/h17-20,23-26,31-32,37-38,41-42H,5-16,21-22,27-30H2,1-4H3. The second-order valence-corrected chi connectivity index (χ2v) is 13.6. The van der Waals surface area contributed by atoms with Crippen LogP contribution in [0.1, 0.15) is 153 Å². The lowest BCUT2D eigenvalue weighted by molar-refractivity contribution is -0.385. The molecule has 290 valence electrons. The van der Waals surface area contributed by atoms with E-state index in [1.54, 1.807) is 24.3 Å². The van der Waals surface area contributed by atoms with Crippen LogP contribution in [0.3, 0.4) is 0 Å². The molecule has 2 N–H and O–H groups in total. The summed E-state index contributed by atoms with van der Waals surface area (Å²) in [6.45, 7) is 9.69. The van der Waals surface area contributed by atoms with Crippen LogP contribution in [-0.2, 0) is 19.1 Å². The molecule has 0 saturated carbocycles. The lowest BCUT2D eigenvalue weighted by Gasteiger charge is -2.24. The Balaban J connectivity index is 2.09. The molecular weight excluding hydrogens is 664 g/mol. The largest absolute Gasteiger partial charge is 0.438 e. The van der Waals surface area contributed by atoms with E-state index in [0.717, 1.165) is 75.3 Å². The Morgan fingerprint density at radius 3 is 1.21 bits per heavy atom. The zero-order chi connectivity index (χ0) is 38.1. The minimum absolute atomic E-state index is 0.0366. The lowest BCUT2D eigenvalue weighted by atomic mass is 9.91. The van der Waals surface area contributed by atoms with Gasteiger partial charge in [0.1, 0.15) is 0 Å². The van der Waals surface area contributed by atoms with Crippen molar-refractivity contribution in [3.63, 3.8) is 0 Å². The number of unbranched alkanes of at least 4 members (excludes halogenated alkanes) is 8. The van der Waals surface area contributed by atoms with Gasteiger partial charge >= 0.3 is 11.9 Å². The normalized spacial score (nSPS) is 13.5. The van der Waals surface area contributed by atoms with Crippen molar-refractivity contribution in [2.24, 2.45) is 0 Å². The van der Waals surface area contributed by atoms with Crippen LogP contribution < -0.4 is 10.6 Å². The van der Waals surface area contributed by atoms with Gasteiger partial charge in [-0.05, 0) is 87.4 Å². The van der Waals surface area contributed by atoms with Crippen LogP contribution >= 0.6 is 0 Å². The number of hydrogen-bond acceptors (Lipinski definition) is 10. The van der Waals surface area contributed by atoms with E-state index in [1.807, 2.05) is 13.8 Å². The molecule has 2 rings (SSSR count). The van der Waals surface area contributed by atoms with Crippen LogP contribution in [0.2, 0.25) is 0 Å². The Morgan fingerprint density at radius 1 is 0.558 bits per heavy atom. The molecule has 0 amide bonds. The van der Waals surface area contributed by atoms with Gasteiger partial charge in [-0.25, -0.2) is 9.59 Å². The molecule has 12 nitrogen and oxygen atoms in total. The highest BCUT2D eigenvalue weighted by atomic mass is 16.6. The van der Waals surface area contributed by atoms with Crippen LogP contribution in [0.15, 0.2) is 48.5 Å². The maximum Gasteiger partial charge on any atom is 0.419 e. The number of nitrogens with one attached hydrogen (secondary N) is 2. The Bertz CT molecular complexity index is 1220. The average Bonchev–Trinajstić information content (AvgIpc) is 3.14. The molecule has 4 unspecified atom stereocenters. The molecule has 0 saturated heterocycles. The van der Waals surface area contributed by atoms with Crippen molar-refractivity contribution < 1.29 is 28.9 Å². The Morgan fingerprint density at radius 2 is 0.904 bits per heavy atom. The number of nitrogens with zero attached hydrogens (tertiary/aromatic N) is 2. The summed E-state index contributed by atoms with van der Waals surface area (Å²) in [5.41, 5.74) is 2.02. The zero-order valence-corrected chi connectivity index (χ0v) is 31.8. The van der Waals surface area contributed by atoms with Crippen molar-refractivity contribution in [1.29, 1.82) is 0 Å². The summed E-state index contributed by atoms with van der Waals surface area (Å²) in [5, 5.41) is 28.9. The minimum atomic E-state index is -1.05. The molecule has 52 heavy (non-hydrogen) atoms. The van der Waals surface area contributed by atoms with Gasteiger partial charge in [-0.1, -0.05) is 103 Å². The molecule has 0 heterocycles. The van der Waals surface area contributed by atoms with Gasteiger partial charge in [-0.15, -0.1) is 0 Å². The third-order valence-corrected chi connectivity index (χ3v) is 9.66. The number of non-ortho nitro benzene ring substituents is 2. The molecule has 0 aromatic heterocycles. The van der Waals surface area contributed by atoms with Crippen LogP contribution in [0.5, 0.6) is 0 Å². The lowest BCUT2D eigenvalue weighted by Crippen LogP contribution is -2.41. The summed E-state index contributed by atoms with van der Waals surface area (Å²) < 4.78 is 11.5. The molecular formula is C40H62N4O8. The van der Waals surface area contributed by atoms with Crippen molar-refractivity contribution in [2.45, 2.75) is 155 Å². The molecule has 0 fully saturated rings. The SMILES string of the molecule is CCCCCCCNC(CCC(CC)c1ccc([N+](=O)[O-])cc1)OC(=O)C(=O)OC(CCC(CC)c1ccc([N+](=O)[O-])cc1)NCCCCCCC. The Hall–Kier alpha value is -3.90. The Kier molecular flexibility index (Phi) is 22.1. The first-order valence-corrected chi connectivity index (χ1v) is 19.5. The summed E-state index contributed by atoms with van der Waals surface area (Å²) in [6, 6.07) is 13.1. The second kappa shape index (κ2) is 26.0. The maximum absolute atomic E-state index is 13.2. The summed E-state index contributed by atoms with van der Waals surface area (Å²) >= 11 is 0. The van der Waals surface area contributed by atoms with Gasteiger partial charge < -0.3 is 9.47 Å². The second-order valence-electron chi connectivity index (χ2n) is 13.6. The fourth-order valence-electron chi connectivity index (χ4n) is 6.40. The molecule has 0 aliphatic rings. The third kappa shape index (κ3) is 17.1. The van der Waals surface area contributed by atoms with E-state index in [9.17, 15) is 29.8 Å². The number of carbonyl (C=O) groups excluding carboxylic acids is 2. The summed E-state index contributed by atoms with van der Waals surface area (Å²) in [6.07, 6.45) is 13.2. The van der Waals surface area contributed by atoms with Crippen molar-refractivity contribution in [2.75, 3.05) is 13.1 Å². The van der Waals surface area contributed by atoms with Gasteiger partial charge in [-0.2, -0.15) is 0 Å². The number of nitro groups is 2. The highest BCUT2D eigenvalue weighted by Crippen LogP contribution is 2.29. The average molecular weight is 727 g/mol. The van der Waals surface area contributed by atoms with E-state index in [4.69, 9.17) is 9.47 Å². The number of benzene rings is 2. The minimum Gasteiger partial charge on any atom is -0.438 e. The summed E-state index contributed by atoms with van der Waals surface area (Å²) in [7, 11) is 0. The number of carbonyl (C=O) groups is 2. The fraction of sp³-hybridized carbons (Fsp3) is 0.650. The molecule has 2 aromatic carbocycles. The topological polar surface area (TPSA) is 163 Å². The summed E-state index contributed by atoms with van der Waals surface area (Å²) in [5.74, 6) is -1.92. The predicted octanol–water partition coefficient (Wildman–Crippen LogP) is 9.61. The first kappa shape index (κ1) is 44.3. The highest BCUT2D eigenvalue weighted by molar-refractivity contribution is 6.29. The predicted molar refractivity (Wildman–Crippen MR) is 204 cm³/mol. The van der Waals surface area contributed by atoms with Crippen LogP contribution in [0.25, 0.3) is 0 Å². The van der Waals surface area contributed by atoms with Crippen molar-refractivity contribution in [3.05, 3.63) is 79.9 Å². The number of rotatable bonds is 28. The van der Waals surface area contributed by atoms with Gasteiger partial charge in [0.25, 0.3) is 11.4 Å². The van der Waals surface area contributed by atoms with Gasteiger partial charge in [-0.3, -0.25) is 30.9 Å². The van der Waals surface area contributed by atoms with Crippen molar-refractivity contribution in [1.82, 2.24) is 10.6 Å². The first-order chi connectivity index (χ1) is 25.1. The zero-order valence-electron chi connectivity index (χ0n) is 31.8. The number of nitro benzene ring substituents is 2. The van der Waals surface area contributed by atoms with E-state index >= 15 is 0 Å². The van der Waals surface area contributed by atoms with Crippen LogP contribution in [0.4, 0.5) is 11.4 Å². The molecule has 0 aliphatic heterocycles. The monoisotopic (exact) mass is 726 g/mol. The van der Waals surface area contributed by atoms with E-state index in [-0.39, 0.29) is 23.2 Å². The van der Waals surface area contributed by atoms with E-state index in [1.165, 1.54) is 37.1 Å². The van der Waals surface area contributed by atoms with Gasteiger partial charge in [0, 0.05) is 24.3 Å². The number of hydrogen-bond donors (Lipinski definition) is 2. The number of esters is 2. The third-order valence-electron chi connectivity index (χ3n) is 9.66. The first-order valence-electron chi connectivity index (χ1n) is 19.5. The molecule has 0 spiro atoms. The van der Waals surface area contributed by atoms with Crippen molar-refractivity contribution >= 4 is 23.3 Å². The molecule has 0 radical (unpaired) electrons. The van der Waals surface area contributed by atoms with Crippen molar-refractivity contribution in [3.8, 4) is 0 Å². The van der Waals surface area contributed by atoms with Crippen LogP contribution in [0, 0.1) is 20.2 Å². The molecule has 0 bridgehead atoms. The highest BCUT2D eigenvalue weighted by Gasteiger charge is 2.27. The smallest absolute Gasteiger partial charge is 0.419 e. The van der Waals surface area contributed by atoms with Gasteiger partial charge in [0.05, 0.1) is 9.85 Å². The van der Waals surface area contributed by atoms with E-state index in [0.29, 0.717) is 38.8 Å². The fourth-order valence-corrected chi connectivity index (χ4v) is 6.40. The molecule has 0 aliphatic carbocycles. The Labute approximate surface area is 310 Å². The van der Waals surface area contributed by atoms with E-state index in [2.05, 4.69) is 24.5 Å². The molecule has 12 heteroatoms. The number of ether oxygens (including phenoxy) is 2. The summed E-state index contributed by atoms with van der Waals surface area (Å²) in [4.78, 5) is 47.9. The quantitative estimate of drug-likeness (QED) is 0.0216. The molecule has 2 aromatic rings. The molecule has 4 atom stereocenters. The van der Waals surface area contributed by atoms with Crippen LogP contribution in [-0.4, -0.2) is 47.3 Å². The maximum atomic E-state index is 13.2. The van der Waals surface area contributed by atoms with E-state index < -0.39 is 34.2 Å².